The van der Waals surface area contributed by atoms with Gasteiger partial charge < -0.3 is 24.2 Å². The van der Waals surface area contributed by atoms with Crippen molar-refractivity contribution < 1.29 is 28.9 Å². The van der Waals surface area contributed by atoms with Gasteiger partial charge in [-0.15, -0.1) is 0 Å². The molecule has 7 nitrogen and oxygen atoms in total. The number of para-hydroxylation sites is 1. The lowest BCUT2D eigenvalue weighted by molar-refractivity contribution is -0.134. The normalized spacial score (nSPS) is 15.1. The molecule has 1 fully saturated rings. The van der Waals surface area contributed by atoms with Crippen LogP contribution in [-0.2, 0) is 11.2 Å². The Kier molecular flexibility index (Phi) is 7.07. The highest BCUT2D eigenvalue weighted by molar-refractivity contribution is 5.90. The highest BCUT2D eigenvalue weighted by atomic mass is 16.7. The molecule has 2 heterocycles. The van der Waals surface area contributed by atoms with Crippen LogP contribution in [0.4, 0.5) is 0 Å². The molecule has 0 spiro atoms. The minimum Gasteiger partial charge on any atom is -0.483 e. The predicted octanol–water partition coefficient (Wildman–Crippen LogP) is 5.03. The number of aromatic carboxylic acids is 1. The standard InChI is InChI=1S/C29H29NO6/c31-28(18-34-25-7-2-1-6-24(25)22-4-3-5-23(17-22)29(32)33)30-14-12-20(13-15-30)8-9-21-10-11-26-27(16-21)36-19-35-26/h1-7,10-11,16-17,20H,8-9,12-15,18-19H2,(H,32,33). The van der Waals surface area contributed by atoms with E-state index in [1.807, 2.05) is 35.2 Å². The number of carbonyl (C=O) groups is 2. The smallest absolute Gasteiger partial charge is 0.335 e. The van der Waals surface area contributed by atoms with Gasteiger partial charge in [0.25, 0.3) is 5.91 Å². The van der Waals surface area contributed by atoms with Crippen LogP contribution in [0.3, 0.4) is 0 Å². The number of aryl methyl sites for hydroxylation is 1. The number of ether oxygens (including phenoxy) is 3. The van der Waals surface area contributed by atoms with E-state index in [0.717, 1.165) is 61.4 Å². The quantitative estimate of drug-likeness (QED) is 0.480. The predicted molar refractivity (Wildman–Crippen MR) is 135 cm³/mol. The second kappa shape index (κ2) is 10.7. The summed E-state index contributed by atoms with van der Waals surface area (Å²) in [7, 11) is 0. The highest BCUT2D eigenvalue weighted by Gasteiger charge is 2.23. The number of benzene rings is 3. The van der Waals surface area contributed by atoms with Crippen molar-refractivity contribution in [1.82, 2.24) is 4.90 Å². The van der Waals surface area contributed by atoms with Gasteiger partial charge in [-0.1, -0.05) is 36.4 Å². The molecule has 5 rings (SSSR count). The Balaban J connectivity index is 1.12. The molecule has 3 aromatic carbocycles. The molecule has 36 heavy (non-hydrogen) atoms. The number of carboxylic acid groups (broad SMARTS) is 1. The van der Waals surface area contributed by atoms with Crippen LogP contribution in [-0.4, -0.2) is 48.4 Å². The first kappa shape index (κ1) is 23.7. The molecule has 1 N–H and O–H groups in total. The van der Waals surface area contributed by atoms with Crippen molar-refractivity contribution in [2.24, 2.45) is 5.92 Å². The van der Waals surface area contributed by atoms with E-state index < -0.39 is 5.97 Å². The van der Waals surface area contributed by atoms with Gasteiger partial charge in [-0.25, -0.2) is 4.79 Å². The fourth-order valence-corrected chi connectivity index (χ4v) is 4.82. The molecule has 0 bridgehead atoms. The van der Waals surface area contributed by atoms with E-state index in [4.69, 9.17) is 14.2 Å². The van der Waals surface area contributed by atoms with Crippen molar-refractivity contribution in [1.29, 1.82) is 0 Å². The van der Waals surface area contributed by atoms with E-state index in [0.29, 0.717) is 18.5 Å². The minimum atomic E-state index is -0.982. The number of hydrogen-bond acceptors (Lipinski definition) is 5. The molecule has 0 radical (unpaired) electrons. The van der Waals surface area contributed by atoms with Gasteiger partial charge in [0.2, 0.25) is 6.79 Å². The van der Waals surface area contributed by atoms with E-state index in [1.54, 1.807) is 24.3 Å². The zero-order valence-electron chi connectivity index (χ0n) is 20.0. The van der Waals surface area contributed by atoms with Crippen LogP contribution in [0.15, 0.2) is 66.7 Å². The Hall–Kier alpha value is -4.00. The Morgan fingerprint density at radius 1 is 0.944 bits per heavy atom. The molecule has 2 aliphatic rings. The fourth-order valence-electron chi connectivity index (χ4n) is 4.82. The summed E-state index contributed by atoms with van der Waals surface area (Å²) in [5.74, 6) is 1.77. The number of carboxylic acids is 1. The van der Waals surface area contributed by atoms with Gasteiger partial charge in [0.15, 0.2) is 18.1 Å². The monoisotopic (exact) mass is 487 g/mol. The maximum Gasteiger partial charge on any atom is 0.335 e. The topological polar surface area (TPSA) is 85.3 Å². The van der Waals surface area contributed by atoms with Crippen LogP contribution in [0, 0.1) is 5.92 Å². The maximum absolute atomic E-state index is 12.9. The van der Waals surface area contributed by atoms with E-state index in [2.05, 4.69) is 12.1 Å². The minimum absolute atomic E-state index is 0.0293. The zero-order chi connectivity index (χ0) is 24.9. The summed E-state index contributed by atoms with van der Waals surface area (Å²) in [5.41, 5.74) is 2.95. The first-order valence-electron chi connectivity index (χ1n) is 12.3. The summed E-state index contributed by atoms with van der Waals surface area (Å²) in [6.45, 7) is 1.71. The summed E-state index contributed by atoms with van der Waals surface area (Å²) in [5, 5.41) is 9.30. The maximum atomic E-state index is 12.9. The van der Waals surface area contributed by atoms with Crippen molar-refractivity contribution in [2.75, 3.05) is 26.5 Å². The molecule has 7 heteroatoms. The number of amides is 1. The third-order valence-electron chi connectivity index (χ3n) is 6.90. The number of fused-ring (bicyclic) bond motifs is 1. The molecule has 186 valence electrons. The third-order valence-corrected chi connectivity index (χ3v) is 6.90. The van der Waals surface area contributed by atoms with Crippen molar-refractivity contribution in [2.45, 2.75) is 25.7 Å². The van der Waals surface area contributed by atoms with E-state index in [-0.39, 0.29) is 18.1 Å². The molecule has 2 aliphatic heterocycles. The van der Waals surface area contributed by atoms with Crippen LogP contribution < -0.4 is 14.2 Å². The average Bonchev–Trinajstić information content (AvgIpc) is 3.39. The molecule has 0 saturated carbocycles. The molecule has 3 aromatic rings. The number of nitrogens with zero attached hydrogens (tertiary/aromatic N) is 1. The van der Waals surface area contributed by atoms with Gasteiger partial charge in [0, 0.05) is 18.7 Å². The van der Waals surface area contributed by atoms with Crippen molar-refractivity contribution >= 4 is 11.9 Å². The number of rotatable bonds is 8. The van der Waals surface area contributed by atoms with Gasteiger partial charge in [-0.3, -0.25) is 4.79 Å². The fraction of sp³-hybridized carbons (Fsp3) is 0.310. The Morgan fingerprint density at radius 2 is 1.75 bits per heavy atom. The summed E-state index contributed by atoms with van der Waals surface area (Å²) >= 11 is 0. The summed E-state index contributed by atoms with van der Waals surface area (Å²) in [6, 6.07) is 20.2. The molecular weight excluding hydrogens is 458 g/mol. The lowest BCUT2D eigenvalue weighted by Crippen LogP contribution is -2.41. The van der Waals surface area contributed by atoms with Crippen molar-refractivity contribution in [3.05, 3.63) is 77.9 Å². The second-order valence-corrected chi connectivity index (χ2v) is 9.22. The Labute approximate surface area is 210 Å². The van der Waals surface area contributed by atoms with Crippen LogP contribution in [0.25, 0.3) is 11.1 Å². The van der Waals surface area contributed by atoms with Crippen molar-refractivity contribution in [3.63, 3.8) is 0 Å². The molecule has 0 aliphatic carbocycles. The van der Waals surface area contributed by atoms with Crippen LogP contribution in [0.2, 0.25) is 0 Å². The van der Waals surface area contributed by atoms with Gasteiger partial charge in [-0.05, 0) is 73.1 Å². The molecule has 0 atom stereocenters. The van der Waals surface area contributed by atoms with Gasteiger partial charge in [0.05, 0.1) is 5.56 Å². The Morgan fingerprint density at radius 3 is 2.58 bits per heavy atom. The van der Waals surface area contributed by atoms with E-state index in [1.165, 1.54) is 5.56 Å². The van der Waals surface area contributed by atoms with E-state index >= 15 is 0 Å². The van der Waals surface area contributed by atoms with Gasteiger partial charge >= 0.3 is 5.97 Å². The zero-order valence-corrected chi connectivity index (χ0v) is 20.0. The van der Waals surface area contributed by atoms with Crippen LogP contribution in [0.1, 0.15) is 35.2 Å². The number of hydrogen-bond donors (Lipinski definition) is 1. The molecule has 0 aromatic heterocycles. The number of likely N-dealkylation sites (tertiary alicyclic amines) is 1. The second-order valence-electron chi connectivity index (χ2n) is 9.22. The summed E-state index contributed by atoms with van der Waals surface area (Å²) < 4.78 is 16.8. The molecule has 0 unspecified atom stereocenters. The van der Waals surface area contributed by atoms with Gasteiger partial charge in [-0.2, -0.15) is 0 Å². The molecular formula is C29H29NO6. The highest BCUT2D eigenvalue weighted by Crippen LogP contribution is 2.34. The van der Waals surface area contributed by atoms with Gasteiger partial charge in [0.1, 0.15) is 5.75 Å². The molecule has 1 saturated heterocycles. The average molecular weight is 488 g/mol. The van der Waals surface area contributed by atoms with E-state index in [9.17, 15) is 14.7 Å². The first-order chi connectivity index (χ1) is 17.6. The molecule has 1 amide bonds. The largest absolute Gasteiger partial charge is 0.483 e. The Bertz CT molecular complexity index is 1250. The lowest BCUT2D eigenvalue weighted by Gasteiger charge is -2.32. The lowest BCUT2D eigenvalue weighted by atomic mass is 9.90. The number of piperidine rings is 1. The SMILES string of the molecule is O=C(O)c1cccc(-c2ccccc2OCC(=O)N2CCC(CCc3ccc4c(c3)OCO4)CC2)c1. The van der Waals surface area contributed by atoms with Crippen LogP contribution >= 0.6 is 0 Å². The van der Waals surface area contributed by atoms with Crippen LogP contribution in [0.5, 0.6) is 17.2 Å². The third kappa shape index (κ3) is 5.46. The first-order valence-corrected chi connectivity index (χ1v) is 12.3. The van der Waals surface area contributed by atoms with Crippen molar-refractivity contribution in [3.8, 4) is 28.4 Å². The summed E-state index contributed by atoms with van der Waals surface area (Å²) in [6.07, 6.45) is 4.03. The summed E-state index contributed by atoms with van der Waals surface area (Å²) in [4.78, 5) is 26.1. The number of carbonyl (C=O) groups excluding carboxylic acids is 1.